The van der Waals surface area contributed by atoms with Gasteiger partial charge in [0, 0.05) is 17.1 Å². The molecule has 0 unspecified atom stereocenters. The quantitative estimate of drug-likeness (QED) is 0.866. The van der Waals surface area contributed by atoms with Gasteiger partial charge in [-0.25, -0.2) is 0 Å². The monoisotopic (exact) mass is 221 g/mol. The summed E-state index contributed by atoms with van der Waals surface area (Å²) in [4.78, 5) is 3.15. The topological polar surface area (TPSA) is 43.5 Å². The van der Waals surface area contributed by atoms with Gasteiger partial charge in [-0.3, -0.25) is 0 Å². The molecule has 0 radical (unpaired) electrons. The number of nitrogens with one attached hydrogen (secondary N) is 1. The maximum atomic E-state index is 5.39. The summed E-state index contributed by atoms with van der Waals surface area (Å²) in [5.74, 6) is 2.24. The van der Waals surface area contributed by atoms with Crippen molar-refractivity contribution in [1.29, 1.82) is 0 Å². The largest absolute Gasteiger partial charge is 0.494 e. The van der Waals surface area contributed by atoms with E-state index >= 15 is 0 Å². The fourth-order valence-corrected chi connectivity index (χ4v) is 2.03. The van der Waals surface area contributed by atoms with Gasteiger partial charge in [0.2, 0.25) is 0 Å². The highest BCUT2D eigenvalue weighted by molar-refractivity contribution is 5.95. The first-order chi connectivity index (χ1) is 7.74. The molecule has 0 aliphatic carbocycles. The maximum absolute atomic E-state index is 5.39. The molecule has 1 aromatic heterocycles. The molecule has 4 heteroatoms. The number of fused-ring (bicyclic) bond motifs is 1. The molecule has 16 heavy (non-hydrogen) atoms. The molecule has 4 nitrogen and oxygen atoms in total. The van der Waals surface area contributed by atoms with Crippen LogP contribution in [-0.2, 0) is 0 Å². The molecule has 86 valence electrons. The van der Waals surface area contributed by atoms with E-state index in [1.54, 1.807) is 21.3 Å². The van der Waals surface area contributed by atoms with E-state index in [0.29, 0.717) is 5.75 Å². The number of methoxy groups -OCH3 is 3. The molecule has 0 amide bonds. The highest BCUT2D eigenvalue weighted by Crippen LogP contribution is 2.44. The highest BCUT2D eigenvalue weighted by Gasteiger charge is 2.19. The molecular weight excluding hydrogens is 206 g/mol. The molecule has 0 spiro atoms. The Labute approximate surface area is 94.1 Å². The summed E-state index contributed by atoms with van der Waals surface area (Å²) in [6.07, 6.45) is 1.86. The van der Waals surface area contributed by atoms with Crippen LogP contribution in [0.4, 0.5) is 0 Å². The Bertz CT molecular complexity index is 516. The average molecular weight is 221 g/mol. The van der Waals surface area contributed by atoms with Crippen LogP contribution in [0.15, 0.2) is 12.3 Å². The molecule has 1 heterocycles. The predicted molar refractivity (Wildman–Crippen MR) is 62.7 cm³/mol. The second-order valence-electron chi connectivity index (χ2n) is 3.49. The van der Waals surface area contributed by atoms with Gasteiger partial charge >= 0.3 is 0 Å². The Hall–Kier alpha value is -1.84. The van der Waals surface area contributed by atoms with Gasteiger partial charge in [0.05, 0.1) is 26.8 Å². The SMILES string of the molecule is COc1c(C)c(OC)c2[nH]ccc2c1OC. The molecule has 0 atom stereocenters. The summed E-state index contributed by atoms with van der Waals surface area (Å²) in [7, 11) is 4.91. The molecule has 0 fully saturated rings. The zero-order chi connectivity index (χ0) is 11.7. The highest BCUT2D eigenvalue weighted by atomic mass is 16.5. The van der Waals surface area contributed by atoms with Gasteiger partial charge in [-0.1, -0.05) is 0 Å². The first-order valence-corrected chi connectivity index (χ1v) is 5.00. The number of hydrogen-bond acceptors (Lipinski definition) is 3. The van der Waals surface area contributed by atoms with Crippen LogP contribution in [-0.4, -0.2) is 26.3 Å². The minimum atomic E-state index is 0.714. The smallest absolute Gasteiger partial charge is 0.170 e. The van der Waals surface area contributed by atoms with E-state index in [1.807, 2.05) is 19.2 Å². The molecule has 0 aliphatic rings. The van der Waals surface area contributed by atoms with Crippen LogP contribution >= 0.6 is 0 Å². The fraction of sp³-hybridized carbons (Fsp3) is 0.333. The Morgan fingerprint density at radius 1 is 0.938 bits per heavy atom. The van der Waals surface area contributed by atoms with Crippen molar-refractivity contribution >= 4 is 10.9 Å². The summed E-state index contributed by atoms with van der Waals surface area (Å²) in [5, 5.41) is 0.960. The lowest BCUT2D eigenvalue weighted by Crippen LogP contribution is -1.97. The molecule has 1 aromatic carbocycles. The van der Waals surface area contributed by atoms with Crippen molar-refractivity contribution in [3.63, 3.8) is 0 Å². The summed E-state index contributed by atoms with van der Waals surface area (Å²) < 4.78 is 16.1. The minimum Gasteiger partial charge on any atom is -0.494 e. The number of hydrogen-bond donors (Lipinski definition) is 1. The molecule has 0 saturated heterocycles. The molecule has 2 aromatic rings. The van der Waals surface area contributed by atoms with Crippen LogP contribution in [0, 0.1) is 6.92 Å². The van der Waals surface area contributed by atoms with Crippen LogP contribution in [0.3, 0.4) is 0 Å². The molecule has 2 rings (SSSR count). The van der Waals surface area contributed by atoms with E-state index in [2.05, 4.69) is 4.98 Å². The minimum absolute atomic E-state index is 0.714. The van der Waals surface area contributed by atoms with Crippen molar-refractivity contribution in [2.75, 3.05) is 21.3 Å². The third kappa shape index (κ3) is 1.30. The van der Waals surface area contributed by atoms with Crippen molar-refractivity contribution in [2.45, 2.75) is 6.92 Å². The number of rotatable bonds is 3. The van der Waals surface area contributed by atoms with E-state index in [4.69, 9.17) is 14.2 Å². The summed E-state index contributed by atoms with van der Waals surface area (Å²) >= 11 is 0. The number of benzene rings is 1. The van der Waals surface area contributed by atoms with E-state index < -0.39 is 0 Å². The number of aromatic nitrogens is 1. The molecule has 1 N–H and O–H groups in total. The summed E-state index contributed by atoms with van der Waals surface area (Å²) in [6.45, 7) is 1.94. The van der Waals surface area contributed by atoms with Gasteiger partial charge in [0.15, 0.2) is 11.5 Å². The molecule has 0 aliphatic heterocycles. The summed E-state index contributed by atoms with van der Waals surface area (Å²) in [6, 6.07) is 1.94. The lowest BCUT2D eigenvalue weighted by atomic mass is 10.1. The van der Waals surface area contributed by atoms with E-state index in [9.17, 15) is 0 Å². The summed E-state index contributed by atoms with van der Waals surface area (Å²) in [5.41, 5.74) is 1.86. The van der Waals surface area contributed by atoms with Crippen LogP contribution < -0.4 is 14.2 Å². The number of ether oxygens (including phenoxy) is 3. The maximum Gasteiger partial charge on any atom is 0.170 e. The zero-order valence-electron chi connectivity index (χ0n) is 9.88. The van der Waals surface area contributed by atoms with Gasteiger partial charge < -0.3 is 19.2 Å². The Morgan fingerprint density at radius 2 is 1.56 bits per heavy atom. The second-order valence-corrected chi connectivity index (χ2v) is 3.49. The average Bonchev–Trinajstić information content (AvgIpc) is 2.76. The lowest BCUT2D eigenvalue weighted by molar-refractivity contribution is 0.350. The lowest BCUT2D eigenvalue weighted by Gasteiger charge is -2.15. The normalized spacial score (nSPS) is 10.5. The number of H-pyrrole nitrogens is 1. The fourth-order valence-electron chi connectivity index (χ4n) is 2.03. The standard InChI is InChI=1S/C12H15NO3/c1-7-10(14-2)9-8(5-6-13-9)12(16-4)11(7)15-3/h5-6,13H,1-4H3. The van der Waals surface area contributed by atoms with Crippen LogP contribution in [0.1, 0.15) is 5.56 Å². The van der Waals surface area contributed by atoms with Gasteiger partial charge in [-0.05, 0) is 13.0 Å². The van der Waals surface area contributed by atoms with Gasteiger partial charge in [-0.15, -0.1) is 0 Å². The van der Waals surface area contributed by atoms with Crippen LogP contribution in [0.5, 0.6) is 17.2 Å². The first-order valence-electron chi connectivity index (χ1n) is 5.00. The van der Waals surface area contributed by atoms with E-state index in [0.717, 1.165) is 28.0 Å². The molecule has 0 bridgehead atoms. The third-order valence-corrected chi connectivity index (χ3v) is 2.72. The van der Waals surface area contributed by atoms with Crippen LogP contribution in [0.2, 0.25) is 0 Å². The molecular formula is C12H15NO3. The molecule has 0 saturated carbocycles. The Kier molecular flexibility index (Phi) is 2.64. The Balaban J connectivity index is 2.89. The van der Waals surface area contributed by atoms with Crippen molar-refractivity contribution in [3.05, 3.63) is 17.8 Å². The van der Waals surface area contributed by atoms with Crippen molar-refractivity contribution in [2.24, 2.45) is 0 Å². The Morgan fingerprint density at radius 3 is 2.12 bits per heavy atom. The van der Waals surface area contributed by atoms with E-state index in [-0.39, 0.29) is 0 Å². The second kappa shape index (κ2) is 3.96. The predicted octanol–water partition coefficient (Wildman–Crippen LogP) is 2.50. The van der Waals surface area contributed by atoms with Crippen molar-refractivity contribution < 1.29 is 14.2 Å². The third-order valence-electron chi connectivity index (χ3n) is 2.72. The van der Waals surface area contributed by atoms with Crippen molar-refractivity contribution in [3.8, 4) is 17.2 Å². The van der Waals surface area contributed by atoms with Gasteiger partial charge in [-0.2, -0.15) is 0 Å². The van der Waals surface area contributed by atoms with Crippen LogP contribution in [0.25, 0.3) is 10.9 Å². The van der Waals surface area contributed by atoms with Gasteiger partial charge in [0.1, 0.15) is 5.75 Å². The van der Waals surface area contributed by atoms with E-state index in [1.165, 1.54) is 0 Å². The zero-order valence-corrected chi connectivity index (χ0v) is 9.88. The van der Waals surface area contributed by atoms with Gasteiger partial charge in [0.25, 0.3) is 0 Å². The van der Waals surface area contributed by atoms with Crippen molar-refractivity contribution in [1.82, 2.24) is 4.98 Å². The number of aromatic amines is 1. The first kappa shape index (κ1) is 10.7.